The Morgan fingerprint density at radius 1 is 1.02 bits per heavy atom. The van der Waals surface area contributed by atoms with Gasteiger partial charge in [-0.1, -0.05) is 18.2 Å². The SMILES string of the molecule is COc1cc(C)c(S(=O)(=O)N2c3ccccc3OCC2COCC(=O)N2CCC(CCCN3CCCC3)(c3cccnc3)CC2)c(C)c1. The van der Waals surface area contributed by atoms with Gasteiger partial charge in [-0.2, -0.15) is 0 Å². The summed E-state index contributed by atoms with van der Waals surface area (Å²) < 4.78 is 47.5. The highest BCUT2D eigenvalue weighted by molar-refractivity contribution is 7.93. The number of carbonyl (C=O) groups excluding carboxylic acids is 1. The molecule has 3 aromatic rings. The zero-order chi connectivity index (χ0) is 33.7. The maximum Gasteiger partial charge on any atom is 0.265 e. The van der Waals surface area contributed by atoms with Crippen LogP contribution in [0.2, 0.25) is 0 Å². The summed E-state index contributed by atoms with van der Waals surface area (Å²) >= 11 is 0. The third-order valence-corrected chi connectivity index (χ3v) is 12.4. The molecule has 1 aromatic heterocycles. The number of pyridine rings is 1. The van der Waals surface area contributed by atoms with Crippen molar-refractivity contribution in [2.24, 2.45) is 0 Å². The Hall–Kier alpha value is -3.67. The first-order valence-electron chi connectivity index (χ1n) is 17.1. The van der Waals surface area contributed by atoms with E-state index < -0.39 is 16.1 Å². The molecule has 2 aromatic carbocycles. The normalized spacial score (nSPS) is 19.5. The smallest absolute Gasteiger partial charge is 0.265 e. The molecule has 6 rings (SSSR count). The number of para-hydroxylation sites is 2. The van der Waals surface area contributed by atoms with Gasteiger partial charge in [-0.05, 0) is 119 Å². The molecule has 48 heavy (non-hydrogen) atoms. The maximum atomic E-state index is 14.4. The molecule has 11 heteroatoms. The van der Waals surface area contributed by atoms with Crippen LogP contribution in [0.15, 0.2) is 65.8 Å². The number of amides is 1. The minimum atomic E-state index is -4.02. The second-order valence-electron chi connectivity index (χ2n) is 13.4. The molecular weight excluding hydrogens is 628 g/mol. The van der Waals surface area contributed by atoms with Gasteiger partial charge in [-0.25, -0.2) is 8.42 Å². The lowest BCUT2D eigenvalue weighted by Crippen LogP contribution is -2.50. The first-order chi connectivity index (χ1) is 23.2. The Balaban J connectivity index is 1.11. The van der Waals surface area contributed by atoms with Crippen LogP contribution in [0.25, 0.3) is 0 Å². The fraction of sp³-hybridized carbons (Fsp3) is 0.514. The maximum absolute atomic E-state index is 14.4. The Bertz CT molecular complexity index is 1650. The predicted octanol–water partition coefficient (Wildman–Crippen LogP) is 5.12. The second kappa shape index (κ2) is 14.8. The van der Waals surface area contributed by atoms with Gasteiger partial charge in [0.1, 0.15) is 30.8 Å². The van der Waals surface area contributed by atoms with Crippen LogP contribution in [-0.4, -0.2) is 94.8 Å². The molecule has 3 aliphatic heterocycles. The zero-order valence-corrected chi connectivity index (χ0v) is 29.2. The monoisotopic (exact) mass is 676 g/mol. The van der Waals surface area contributed by atoms with Crippen LogP contribution in [-0.2, 0) is 25.0 Å². The van der Waals surface area contributed by atoms with E-state index in [1.54, 1.807) is 51.3 Å². The van der Waals surface area contributed by atoms with E-state index in [4.69, 9.17) is 14.2 Å². The quantitative estimate of drug-likeness (QED) is 0.261. The predicted molar refractivity (Wildman–Crippen MR) is 185 cm³/mol. The molecule has 1 amide bonds. The average Bonchev–Trinajstić information content (AvgIpc) is 3.62. The third kappa shape index (κ3) is 7.18. The van der Waals surface area contributed by atoms with Gasteiger partial charge in [0.2, 0.25) is 5.91 Å². The molecule has 4 heterocycles. The number of aromatic nitrogens is 1. The number of aryl methyl sites for hydroxylation is 2. The number of ether oxygens (including phenoxy) is 3. The number of anilines is 1. The van der Waals surface area contributed by atoms with Crippen LogP contribution in [0, 0.1) is 13.8 Å². The Labute approximate surface area is 285 Å². The molecule has 0 spiro atoms. The number of piperidine rings is 1. The topological polar surface area (TPSA) is 102 Å². The molecule has 0 radical (unpaired) electrons. The molecular formula is C37H48N4O6S. The van der Waals surface area contributed by atoms with Crippen molar-refractivity contribution in [3.8, 4) is 11.5 Å². The van der Waals surface area contributed by atoms with Gasteiger partial charge < -0.3 is 24.0 Å². The minimum absolute atomic E-state index is 0.00499. The Kier molecular flexibility index (Phi) is 10.6. The number of benzene rings is 2. The number of sulfonamides is 1. The summed E-state index contributed by atoms with van der Waals surface area (Å²) in [7, 11) is -2.46. The number of nitrogens with zero attached hydrogens (tertiary/aromatic N) is 4. The van der Waals surface area contributed by atoms with E-state index in [0.717, 1.165) is 32.2 Å². The zero-order valence-electron chi connectivity index (χ0n) is 28.4. The van der Waals surface area contributed by atoms with Crippen LogP contribution in [0.5, 0.6) is 11.5 Å². The van der Waals surface area contributed by atoms with Crippen LogP contribution in [0.3, 0.4) is 0 Å². The molecule has 2 saturated heterocycles. The molecule has 1 unspecified atom stereocenters. The highest BCUT2D eigenvalue weighted by atomic mass is 32.2. The van der Waals surface area contributed by atoms with Crippen molar-refractivity contribution < 1.29 is 27.4 Å². The second-order valence-corrected chi connectivity index (χ2v) is 15.1. The number of carbonyl (C=O) groups is 1. The van der Waals surface area contributed by atoms with Gasteiger partial charge in [0.25, 0.3) is 10.0 Å². The Morgan fingerprint density at radius 3 is 2.44 bits per heavy atom. The van der Waals surface area contributed by atoms with Crippen molar-refractivity contribution in [3.63, 3.8) is 0 Å². The summed E-state index contributed by atoms with van der Waals surface area (Å²) in [5, 5.41) is 0. The number of hydrogen-bond acceptors (Lipinski definition) is 8. The first-order valence-corrected chi connectivity index (χ1v) is 18.6. The summed E-state index contributed by atoms with van der Waals surface area (Å²) in [4.78, 5) is 22.5. The molecule has 2 fully saturated rings. The molecule has 10 nitrogen and oxygen atoms in total. The molecule has 0 N–H and O–H groups in total. The summed E-state index contributed by atoms with van der Waals surface area (Å²) in [5.41, 5.74) is 2.90. The molecule has 0 saturated carbocycles. The molecule has 0 aliphatic carbocycles. The van der Waals surface area contributed by atoms with Gasteiger partial charge >= 0.3 is 0 Å². The standard InChI is InChI=1S/C37H48N4O6S/c1-28-22-32(45-3)23-29(2)36(28)48(43,44)41-31(26-47-34-12-5-4-11-33(34)41)25-46-27-35(42)40-20-14-37(15-21-40,30-10-8-16-38-24-30)13-9-19-39-17-6-7-18-39/h4-5,8,10-12,16,22-24,31H,6-7,9,13-15,17-21,25-27H2,1-3H3. The molecule has 1 atom stereocenters. The van der Waals surface area contributed by atoms with Gasteiger partial charge in [0, 0.05) is 30.9 Å². The largest absolute Gasteiger partial charge is 0.497 e. The Morgan fingerprint density at radius 2 is 1.75 bits per heavy atom. The summed E-state index contributed by atoms with van der Waals surface area (Å²) in [6, 6.07) is 14.1. The summed E-state index contributed by atoms with van der Waals surface area (Å²) in [5.74, 6) is 1.01. The van der Waals surface area contributed by atoms with E-state index >= 15 is 0 Å². The first kappa shape index (κ1) is 34.2. The van der Waals surface area contributed by atoms with Gasteiger partial charge in [0.05, 0.1) is 24.3 Å². The summed E-state index contributed by atoms with van der Waals surface area (Å²) in [6.45, 7) is 8.36. The lowest BCUT2D eigenvalue weighted by Gasteiger charge is -2.42. The number of rotatable bonds is 12. The van der Waals surface area contributed by atoms with Crippen molar-refractivity contribution in [1.82, 2.24) is 14.8 Å². The van der Waals surface area contributed by atoms with Crippen LogP contribution in [0.1, 0.15) is 55.2 Å². The lowest BCUT2D eigenvalue weighted by atomic mass is 9.70. The third-order valence-electron chi connectivity index (χ3n) is 10.3. The van der Waals surface area contributed by atoms with Crippen LogP contribution >= 0.6 is 0 Å². The van der Waals surface area contributed by atoms with Crippen molar-refractivity contribution >= 4 is 21.6 Å². The lowest BCUT2D eigenvalue weighted by molar-refractivity contribution is -0.138. The molecule has 0 bridgehead atoms. The summed E-state index contributed by atoms with van der Waals surface area (Å²) in [6.07, 6.45) is 10.4. The van der Waals surface area contributed by atoms with E-state index in [0.29, 0.717) is 41.4 Å². The minimum Gasteiger partial charge on any atom is -0.497 e. The fourth-order valence-electron chi connectivity index (χ4n) is 7.75. The van der Waals surface area contributed by atoms with Gasteiger partial charge in [-0.3, -0.25) is 14.1 Å². The van der Waals surface area contributed by atoms with E-state index in [1.807, 2.05) is 29.4 Å². The number of methoxy groups -OCH3 is 1. The van der Waals surface area contributed by atoms with E-state index in [9.17, 15) is 13.2 Å². The van der Waals surface area contributed by atoms with E-state index in [-0.39, 0.29) is 36.0 Å². The highest BCUT2D eigenvalue weighted by Crippen LogP contribution is 2.41. The van der Waals surface area contributed by atoms with Gasteiger partial charge in [0.15, 0.2) is 0 Å². The van der Waals surface area contributed by atoms with E-state index in [2.05, 4.69) is 16.0 Å². The van der Waals surface area contributed by atoms with Crippen molar-refractivity contribution in [1.29, 1.82) is 0 Å². The van der Waals surface area contributed by atoms with Crippen LogP contribution in [0.4, 0.5) is 5.69 Å². The number of likely N-dealkylation sites (tertiary alicyclic amines) is 2. The number of hydrogen-bond donors (Lipinski definition) is 0. The van der Waals surface area contributed by atoms with Crippen LogP contribution < -0.4 is 13.8 Å². The molecule has 258 valence electrons. The highest BCUT2D eigenvalue weighted by Gasteiger charge is 2.40. The van der Waals surface area contributed by atoms with Crippen molar-refractivity contribution in [3.05, 3.63) is 77.6 Å². The average molecular weight is 677 g/mol. The molecule has 3 aliphatic rings. The number of fused-ring (bicyclic) bond motifs is 1. The fourth-order valence-corrected chi connectivity index (χ4v) is 9.80. The van der Waals surface area contributed by atoms with Crippen molar-refractivity contribution in [2.45, 2.75) is 68.7 Å². The van der Waals surface area contributed by atoms with Gasteiger partial charge in [-0.15, -0.1) is 0 Å². The van der Waals surface area contributed by atoms with Crippen molar-refractivity contribution in [2.75, 3.05) is 64.0 Å². The van der Waals surface area contributed by atoms with E-state index in [1.165, 1.54) is 35.8 Å².